The van der Waals surface area contributed by atoms with Crippen LogP contribution in [0.3, 0.4) is 0 Å². The van der Waals surface area contributed by atoms with Crippen LogP contribution in [-0.2, 0) is 0 Å². The van der Waals surface area contributed by atoms with Crippen molar-refractivity contribution < 1.29 is 90.6 Å². The van der Waals surface area contributed by atoms with Crippen LogP contribution >= 0.6 is 15.9 Å². The van der Waals surface area contributed by atoms with Crippen molar-refractivity contribution in [3.05, 3.63) is 59.1 Å². The largest absolute Gasteiger partial charge is 1.00 e. The van der Waals surface area contributed by atoms with Gasteiger partial charge in [0, 0.05) is 4.47 Å². The van der Waals surface area contributed by atoms with Gasteiger partial charge < -0.3 is 2.85 Å². The van der Waals surface area contributed by atoms with Gasteiger partial charge in [0.1, 0.15) is 0 Å². The van der Waals surface area contributed by atoms with Crippen LogP contribution in [0.5, 0.6) is 0 Å². The summed E-state index contributed by atoms with van der Waals surface area (Å²) in [6.45, 7) is 0. The minimum Gasteiger partial charge on any atom is -1.00 e. The minimum absolute atomic E-state index is 0. The Morgan fingerprint density at radius 2 is 1.20 bits per heavy atom. The molecule has 0 saturated heterocycles. The van der Waals surface area contributed by atoms with Gasteiger partial charge in [-0.05, 0) is 23.3 Å². The van der Waals surface area contributed by atoms with Crippen LogP contribution in [0, 0.1) is 0 Å². The Bertz CT molecular complexity index is 395. The molecule has 68 valence electrons. The molecule has 0 N–H and O–H groups in total. The Morgan fingerprint density at radius 1 is 0.733 bits per heavy atom. The van der Waals surface area contributed by atoms with Crippen molar-refractivity contribution in [1.82, 2.24) is 0 Å². The molecule has 0 nitrogen and oxygen atoms in total. The quantitative estimate of drug-likeness (QED) is 0.525. The summed E-state index contributed by atoms with van der Waals surface area (Å²) < 4.78 is 1.12. The summed E-state index contributed by atoms with van der Waals surface area (Å²) in [5.41, 5.74) is 2.51. The predicted octanol–water partition coefficient (Wildman–Crippen LogP) is -1.65. The smallest absolute Gasteiger partial charge is 1.00 e. The van der Waals surface area contributed by atoms with Gasteiger partial charge in [0.05, 0.1) is 0 Å². The summed E-state index contributed by atoms with van der Waals surface area (Å²) in [5.74, 6) is 0. The molecule has 0 amide bonds. The topological polar surface area (TPSA) is 0 Å². The molecule has 15 heavy (non-hydrogen) atoms. The number of hydrogen-bond donors (Lipinski definition) is 0. The van der Waals surface area contributed by atoms with E-state index in [0.717, 1.165) is 4.47 Å². The molecule has 0 aromatic heterocycles. The fourth-order valence-corrected chi connectivity index (χ4v) is 1.54. The molecule has 0 bridgehead atoms. The van der Waals surface area contributed by atoms with Crippen molar-refractivity contribution in [1.29, 1.82) is 0 Å². The molecule has 0 aliphatic carbocycles. The van der Waals surface area contributed by atoms with E-state index < -0.39 is 0 Å². The van der Waals surface area contributed by atoms with Crippen LogP contribution in [0.4, 0.5) is 0 Å². The molecule has 0 unspecified atom stereocenters. The summed E-state index contributed by atoms with van der Waals surface area (Å²) in [4.78, 5) is 0. The van der Waals surface area contributed by atoms with Gasteiger partial charge in [-0.2, -0.15) is 0 Å². The third-order valence-corrected chi connectivity index (χ3v) is 2.48. The summed E-state index contributed by atoms with van der Waals surface area (Å²) in [6.07, 6.45) is 0. The first-order valence-corrected chi connectivity index (χ1v) is 4.96. The molecule has 0 saturated carbocycles. The molecule has 2 aromatic carbocycles. The average Bonchev–Trinajstić information content (AvgIpc) is 2.20. The van der Waals surface area contributed by atoms with E-state index in [0.29, 0.717) is 0 Å². The van der Waals surface area contributed by atoms with E-state index in [-0.39, 0.29) is 90.6 Å². The first kappa shape index (κ1) is 16.6. The molecule has 0 radical (unpaired) electrons. The van der Waals surface area contributed by atoms with Gasteiger partial charge in [0.2, 0.25) is 0 Å². The Morgan fingerprint density at radius 3 is 1.73 bits per heavy atom. The van der Waals surface area contributed by atoms with Crippen LogP contribution in [0.15, 0.2) is 59.1 Å². The fraction of sp³-hybridized carbons (Fsp3) is 0. The van der Waals surface area contributed by atoms with Crippen molar-refractivity contribution in [3.8, 4) is 11.1 Å². The van der Waals surface area contributed by atoms with Crippen LogP contribution in [0.25, 0.3) is 11.1 Å². The van der Waals surface area contributed by atoms with E-state index in [1.807, 2.05) is 6.07 Å². The normalized spacial score (nSPS) is 8.60. The Balaban J connectivity index is -0.000000490. The first-order valence-electron chi connectivity index (χ1n) is 4.17. The second-order valence-electron chi connectivity index (χ2n) is 2.87. The number of benzene rings is 2. The SMILES string of the molecule is Brc1ccc(-c2ccccc2)cc1.[Cs+].[H-].[H-].[Li+]. The van der Waals surface area contributed by atoms with Gasteiger partial charge in [-0.15, -0.1) is 0 Å². The van der Waals surface area contributed by atoms with Gasteiger partial charge in [-0.25, -0.2) is 0 Å². The average molecular weight is 375 g/mol. The van der Waals surface area contributed by atoms with E-state index in [1.165, 1.54) is 11.1 Å². The van der Waals surface area contributed by atoms with Gasteiger partial charge in [-0.1, -0.05) is 58.4 Å². The van der Waals surface area contributed by atoms with Gasteiger partial charge >= 0.3 is 87.8 Å². The van der Waals surface area contributed by atoms with Crippen molar-refractivity contribution >= 4 is 15.9 Å². The van der Waals surface area contributed by atoms with Crippen molar-refractivity contribution in [2.45, 2.75) is 0 Å². The van der Waals surface area contributed by atoms with Gasteiger partial charge in [0.15, 0.2) is 0 Å². The molecular formula is C12H11BrCsLi. The van der Waals surface area contributed by atoms with Crippen molar-refractivity contribution in [2.24, 2.45) is 0 Å². The van der Waals surface area contributed by atoms with Crippen LogP contribution in [-0.4, -0.2) is 0 Å². The molecule has 0 heterocycles. The van der Waals surface area contributed by atoms with Crippen LogP contribution in [0.1, 0.15) is 2.85 Å². The molecule has 2 rings (SSSR count). The number of hydrogen-bond acceptors (Lipinski definition) is 0. The zero-order valence-corrected chi connectivity index (χ0v) is 16.9. The minimum atomic E-state index is 0. The summed E-state index contributed by atoms with van der Waals surface area (Å²) in [6, 6.07) is 18.7. The molecule has 0 aliphatic heterocycles. The Labute approximate surface area is 173 Å². The monoisotopic (exact) mass is 374 g/mol. The van der Waals surface area contributed by atoms with E-state index >= 15 is 0 Å². The van der Waals surface area contributed by atoms with Gasteiger partial charge in [0.25, 0.3) is 0 Å². The standard InChI is InChI=1S/C12H9Br.Cs.Li.2H/c13-12-8-6-11(7-9-12)10-4-2-1-3-5-10;;;;/h1-9H;;;;/q;2*+1;2*-1. The summed E-state index contributed by atoms with van der Waals surface area (Å²) >= 11 is 3.42. The van der Waals surface area contributed by atoms with Crippen molar-refractivity contribution in [3.63, 3.8) is 0 Å². The second-order valence-corrected chi connectivity index (χ2v) is 3.79. The van der Waals surface area contributed by atoms with Crippen LogP contribution in [0.2, 0.25) is 0 Å². The second kappa shape index (κ2) is 8.63. The Kier molecular flexibility index (Phi) is 9.53. The Hall–Kier alpha value is 1.57. The fourth-order valence-electron chi connectivity index (χ4n) is 1.27. The maximum atomic E-state index is 3.42. The van der Waals surface area contributed by atoms with Crippen molar-refractivity contribution in [2.75, 3.05) is 0 Å². The maximum absolute atomic E-state index is 3.42. The van der Waals surface area contributed by atoms with Crippen LogP contribution < -0.4 is 87.8 Å². The summed E-state index contributed by atoms with van der Waals surface area (Å²) in [5, 5.41) is 0. The molecule has 0 atom stereocenters. The maximum Gasteiger partial charge on any atom is 1.00 e. The summed E-state index contributed by atoms with van der Waals surface area (Å²) in [7, 11) is 0. The number of rotatable bonds is 1. The number of halogens is 1. The molecule has 0 fully saturated rings. The van der Waals surface area contributed by atoms with E-state index in [9.17, 15) is 0 Å². The first-order chi connectivity index (χ1) is 6.36. The van der Waals surface area contributed by atoms with E-state index in [2.05, 4.69) is 64.5 Å². The molecule has 0 aliphatic rings. The molecule has 2 aromatic rings. The zero-order valence-electron chi connectivity index (χ0n) is 11.1. The molecule has 0 spiro atoms. The third-order valence-electron chi connectivity index (χ3n) is 1.95. The van der Waals surface area contributed by atoms with E-state index in [4.69, 9.17) is 0 Å². The zero-order chi connectivity index (χ0) is 9.10. The third kappa shape index (κ3) is 5.16. The van der Waals surface area contributed by atoms with Gasteiger partial charge in [-0.3, -0.25) is 0 Å². The van der Waals surface area contributed by atoms with E-state index in [1.54, 1.807) is 0 Å². The molecular weight excluding hydrogens is 364 g/mol. The predicted molar refractivity (Wildman–Crippen MR) is 61.8 cm³/mol. The molecule has 3 heteroatoms.